The molecule has 0 amide bonds. The van der Waals surface area contributed by atoms with E-state index < -0.39 is 11.2 Å². The van der Waals surface area contributed by atoms with Gasteiger partial charge in [-0.1, -0.05) is 12.1 Å². The van der Waals surface area contributed by atoms with Crippen LogP contribution in [0.2, 0.25) is 0 Å². The maximum absolute atomic E-state index is 13.2. The Morgan fingerprint density at radius 1 is 1.00 bits per heavy atom. The molecular formula is C28H25N3O7. The summed E-state index contributed by atoms with van der Waals surface area (Å²) < 4.78 is 23.5. The lowest BCUT2D eigenvalue weighted by atomic mass is 9.79. The SMILES string of the molecule is COc1ccc(C2CC(=O)c3cnc4c(c3C2)c(=O)[nH]c(=O)n4Cc2ccc3c(c2)OCCO3)c(OC)c1. The largest absolute Gasteiger partial charge is 0.497 e. The minimum atomic E-state index is -0.583. The van der Waals surface area contributed by atoms with Crippen molar-refractivity contribution in [3.63, 3.8) is 0 Å². The standard InChI is InChI=1S/C28H25N3O7/c1-35-17-4-5-18(23(12-17)36-2)16-10-19-20(21(32)11-16)13-29-26-25(19)27(33)30-28(34)31(26)14-15-3-6-22-24(9-15)38-8-7-37-22/h3-6,9,12-13,16H,7-8,10-11,14H2,1-2H3,(H,30,33,34). The van der Waals surface area contributed by atoms with E-state index in [2.05, 4.69) is 9.97 Å². The normalized spacial score (nSPS) is 16.3. The molecule has 38 heavy (non-hydrogen) atoms. The van der Waals surface area contributed by atoms with Gasteiger partial charge in [0.05, 0.1) is 26.2 Å². The number of rotatable bonds is 5. The zero-order valence-electron chi connectivity index (χ0n) is 20.9. The zero-order valence-corrected chi connectivity index (χ0v) is 20.9. The summed E-state index contributed by atoms with van der Waals surface area (Å²) >= 11 is 0. The number of ether oxygens (including phenoxy) is 4. The summed E-state index contributed by atoms with van der Waals surface area (Å²) in [7, 11) is 3.14. The number of hydrogen-bond acceptors (Lipinski definition) is 8. The molecule has 10 nitrogen and oxygen atoms in total. The van der Waals surface area contributed by atoms with Crippen LogP contribution in [-0.2, 0) is 13.0 Å². The number of hydrogen-bond donors (Lipinski definition) is 1. The van der Waals surface area contributed by atoms with E-state index in [0.29, 0.717) is 53.8 Å². The summed E-state index contributed by atoms with van der Waals surface area (Å²) in [6.07, 6.45) is 2.13. The number of ketones is 1. The molecule has 10 heteroatoms. The van der Waals surface area contributed by atoms with Gasteiger partial charge < -0.3 is 18.9 Å². The fourth-order valence-corrected chi connectivity index (χ4v) is 5.30. The minimum absolute atomic E-state index is 0.118. The van der Waals surface area contributed by atoms with Gasteiger partial charge in [-0.2, -0.15) is 0 Å². The third-order valence-electron chi connectivity index (χ3n) is 7.13. The first-order valence-corrected chi connectivity index (χ1v) is 12.2. The molecule has 2 aliphatic rings. The number of Topliss-reactive ketones (excluding diaryl/α,β-unsaturated/α-hetero) is 1. The zero-order chi connectivity index (χ0) is 26.4. The van der Waals surface area contributed by atoms with Gasteiger partial charge in [0.15, 0.2) is 17.3 Å². The first kappa shape index (κ1) is 23.8. The molecule has 1 aliphatic carbocycles. The van der Waals surface area contributed by atoms with Gasteiger partial charge in [-0.15, -0.1) is 0 Å². The Labute approximate surface area is 216 Å². The number of fused-ring (bicyclic) bond motifs is 4. The third kappa shape index (κ3) is 3.98. The Balaban J connectivity index is 1.45. The van der Waals surface area contributed by atoms with Crippen LogP contribution in [-0.4, -0.2) is 47.8 Å². The topological polar surface area (TPSA) is 122 Å². The number of pyridine rings is 1. The highest BCUT2D eigenvalue weighted by Crippen LogP contribution is 2.39. The summed E-state index contributed by atoms with van der Waals surface area (Å²) in [5.74, 6) is 2.15. The molecule has 2 aromatic carbocycles. The van der Waals surface area contributed by atoms with Crippen LogP contribution in [0.4, 0.5) is 0 Å². The molecule has 0 saturated carbocycles. The summed E-state index contributed by atoms with van der Waals surface area (Å²) in [5, 5.41) is 0.241. The van der Waals surface area contributed by atoms with Crippen LogP contribution in [0.5, 0.6) is 23.0 Å². The number of aromatic amines is 1. The lowest BCUT2D eigenvalue weighted by molar-refractivity contribution is 0.0964. The molecule has 0 spiro atoms. The minimum Gasteiger partial charge on any atom is -0.497 e. The van der Waals surface area contributed by atoms with Gasteiger partial charge in [-0.3, -0.25) is 19.1 Å². The summed E-state index contributed by atoms with van der Waals surface area (Å²) in [4.78, 5) is 46.1. The van der Waals surface area contributed by atoms with Crippen LogP contribution >= 0.6 is 0 Å². The van der Waals surface area contributed by atoms with Gasteiger partial charge in [0.1, 0.15) is 30.4 Å². The highest BCUT2D eigenvalue weighted by molar-refractivity contribution is 6.02. The molecular weight excluding hydrogens is 490 g/mol. The van der Waals surface area contributed by atoms with E-state index in [1.54, 1.807) is 26.4 Å². The summed E-state index contributed by atoms with van der Waals surface area (Å²) in [6.45, 7) is 1.07. The molecule has 2 aromatic heterocycles. The Hall–Kier alpha value is -4.60. The molecule has 0 fully saturated rings. The van der Waals surface area contributed by atoms with Gasteiger partial charge in [0, 0.05) is 24.2 Å². The predicted molar refractivity (Wildman–Crippen MR) is 138 cm³/mol. The first-order valence-electron chi connectivity index (χ1n) is 12.2. The van der Waals surface area contributed by atoms with Gasteiger partial charge in [0.2, 0.25) is 0 Å². The Morgan fingerprint density at radius 2 is 1.82 bits per heavy atom. The van der Waals surface area contributed by atoms with Gasteiger partial charge >= 0.3 is 5.69 Å². The molecule has 1 unspecified atom stereocenters. The van der Waals surface area contributed by atoms with Crippen molar-refractivity contribution in [2.75, 3.05) is 27.4 Å². The predicted octanol–water partition coefficient (Wildman–Crippen LogP) is 2.83. The molecule has 1 atom stereocenters. The van der Waals surface area contributed by atoms with E-state index in [-0.39, 0.29) is 35.7 Å². The maximum Gasteiger partial charge on any atom is 0.330 e. The van der Waals surface area contributed by atoms with E-state index >= 15 is 0 Å². The third-order valence-corrected chi connectivity index (χ3v) is 7.13. The monoisotopic (exact) mass is 515 g/mol. The molecule has 194 valence electrons. The van der Waals surface area contributed by atoms with Crippen molar-refractivity contribution in [3.05, 3.63) is 85.7 Å². The second-order valence-corrected chi connectivity index (χ2v) is 9.31. The fraction of sp³-hybridized carbons (Fsp3) is 0.286. The number of nitrogens with one attached hydrogen (secondary N) is 1. The van der Waals surface area contributed by atoms with Gasteiger partial charge in [-0.05, 0) is 47.2 Å². The number of aromatic nitrogens is 3. The van der Waals surface area contributed by atoms with Crippen LogP contribution in [0.3, 0.4) is 0 Å². The average Bonchev–Trinajstić information content (AvgIpc) is 2.94. The number of benzene rings is 2. The molecule has 1 aliphatic heterocycles. The highest BCUT2D eigenvalue weighted by Gasteiger charge is 2.31. The second kappa shape index (κ2) is 9.37. The maximum atomic E-state index is 13.2. The van der Waals surface area contributed by atoms with Gasteiger partial charge in [-0.25, -0.2) is 9.78 Å². The second-order valence-electron chi connectivity index (χ2n) is 9.31. The number of carbonyl (C=O) groups is 1. The van der Waals surface area contributed by atoms with E-state index in [1.807, 2.05) is 24.3 Å². The fourth-order valence-electron chi connectivity index (χ4n) is 5.30. The van der Waals surface area contributed by atoms with Crippen LogP contribution in [0.25, 0.3) is 11.0 Å². The lowest BCUT2D eigenvalue weighted by Crippen LogP contribution is -2.33. The number of H-pyrrole nitrogens is 1. The van der Waals surface area contributed by atoms with Crippen LogP contribution in [0.1, 0.15) is 39.4 Å². The van der Waals surface area contributed by atoms with Crippen molar-refractivity contribution in [1.82, 2.24) is 14.5 Å². The van der Waals surface area contributed by atoms with Crippen molar-refractivity contribution in [2.45, 2.75) is 25.3 Å². The van der Waals surface area contributed by atoms with Crippen molar-refractivity contribution >= 4 is 16.8 Å². The van der Waals surface area contributed by atoms with Crippen LogP contribution in [0.15, 0.2) is 52.2 Å². The van der Waals surface area contributed by atoms with E-state index in [9.17, 15) is 14.4 Å². The molecule has 1 N–H and O–H groups in total. The Bertz CT molecular complexity index is 1710. The summed E-state index contributed by atoms with van der Waals surface area (Å²) in [5.41, 5.74) is 1.67. The van der Waals surface area contributed by atoms with Crippen molar-refractivity contribution < 1.29 is 23.7 Å². The summed E-state index contributed by atoms with van der Waals surface area (Å²) in [6, 6.07) is 10.9. The molecule has 0 radical (unpaired) electrons. The van der Waals surface area contributed by atoms with E-state index in [1.165, 1.54) is 10.8 Å². The highest BCUT2D eigenvalue weighted by atomic mass is 16.6. The average molecular weight is 516 g/mol. The van der Waals surface area contributed by atoms with Crippen molar-refractivity contribution in [2.24, 2.45) is 0 Å². The Morgan fingerprint density at radius 3 is 2.61 bits per heavy atom. The molecule has 0 bridgehead atoms. The lowest BCUT2D eigenvalue weighted by Gasteiger charge is -2.26. The van der Waals surface area contributed by atoms with E-state index in [4.69, 9.17) is 18.9 Å². The first-order chi connectivity index (χ1) is 18.5. The number of methoxy groups -OCH3 is 2. The molecule has 0 saturated heterocycles. The smallest absolute Gasteiger partial charge is 0.330 e. The van der Waals surface area contributed by atoms with Crippen LogP contribution < -0.4 is 30.2 Å². The number of carbonyl (C=O) groups excluding carboxylic acids is 1. The number of nitrogens with zero attached hydrogens (tertiary/aromatic N) is 2. The molecule has 3 heterocycles. The van der Waals surface area contributed by atoms with Crippen molar-refractivity contribution in [3.8, 4) is 23.0 Å². The molecule has 6 rings (SSSR count). The molecule has 4 aromatic rings. The quantitative estimate of drug-likeness (QED) is 0.431. The van der Waals surface area contributed by atoms with Gasteiger partial charge in [0.25, 0.3) is 5.56 Å². The van der Waals surface area contributed by atoms with Crippen molar-refractivity contribution in [1.29, 1.82) is 0 Å². The van der Waals surface area contributed by atoms with Crippen LogP contribution in [0, 0.1) is 0 Å². The van der Waals surface area contributed by atoms with E-state index in [0.717, 1.165) is 11.1 Å². The Kier molecular flexibility index (Phi) is 5.86.